The van der Waals surface area contributed by atoms with Crippen molar-refractivity contribution in [2.75, 3.05) is 7.11 Å². The van der Waals surface area contributed by atoms with Gasteiger partial charge in [-0.15, -0.1) is 0 Å². The van der Waals surface area contributed by atoms with Crippen molar-refractivity contribution >= 4 is 46.6 Å². The summed E-state index contributed by atoms with van der Waals surface area (Å²) in [6, 6.07) is 11.9. The molecule has 2 aromatic carbocycles. The quantitative estimate of drug-likeness (QED) is 0.405. The summed E-state index contributed by atoms with van der Waals surface area (Å²) in [6.07, 6.45) is 1.60. The Kier molecular flexibility index (Phi) is 6.06. The molecule has 0 aromatic heterocycles. The second-order valence-corrected chi connectivity index (χ2v) is 7.33. The molecule has 0 aliphatic carbocycles. The molecule has 0 radical (unpaired) electrons. The number of rotatable bonds is 5. The van der Waals surface area contributed by atoms with Gasteiger partial charge in [-0.3, -0.25) is 19.3 Å². The number of amides is 2. The molecule has 1 saturated heterocycles. The van der Waals surface area contributed by atoms with Crippen LogP contribution in [0.3, 0.4) is 0 Å². The molecule has 1 aliphatic heterocycles. The zero-order valence-corrected chi connectivity index (χ0v) is 16.7. The Hall–Kier alpha value is -2.77. The van der Waals surface area contributed by atoms with E-state index in [1.165, 1.54) is 18.9 Å². The van der Waals surface area contributed by atoms with Crippen LogP contribution in [0.5, 0.6) is 11.5 Å². The summed E-state index contributed by atoms with van der Waals surface area (Å²) in [6.45, 7) is 1.44. The van der Waals surface area contributed by atoms with Gasteiger partial charge in [-0.1, -0.05) is 29.8 Å². The van der Waals surface area contributed by atoms with E-state index in [-0.39, 0.29) is 23.4 Å². The number of hydrogen-bond donors (Lipinski definition) is 0. The number of nitrogens with zero attached hydrogens (tertiary/aromatic N) is 1. The number of thioether (sulfide) groups is 1. The lowest BCUT2D eigenvalue weighted by atomic mass is 10.1. The maximum atomic E-state index is 12.7. The van der Waals surface area contributed by atoms with Crippen LogP contribution in [0.4, 0.5) is 4.79 Å². The number of benzene rings is 2. The third-order valence-corrected chi connectivity index (χ3v) is 4.98. The van der Waals surface area contributed by atoms with Gasteiger partial charge in [-0.25, -0.2) is 0 Å². The fourth-order valence-corrected chi connectivity index (χ4v) is 3.67. The van der Waals surface area contributed by atoms with Crippen molar-refractivity contribution in [1.82, 2.24) is 4.90 Å². The van der Waals surface area contributed by atoms with Crippen molar-refractivity contribution in [3.05, 3.63) is 63.5 Å². The molecule has 6 nitrogen and oxygen atoms in total. The molecule has 144 valence electrons. The Morgan fingerprint density at radius 3 is 2.64 bits per heavy atom. The molecule has 0 bridgehead atoms. The summed E-state index contributed by atoms with van der Waals surface area (Å²) in [7, 11) is 1.45. The third-order valence-electron chi connectivity index (χ3n) is 3.84. The maximum absolute atomic E-state index is 12.7. The second kappa shape index (κ2) is 8.50. The van der Waals surface area contributed by atoms with Crippen LogP contribution < -0.4 is 9.47 Å². The van der Waals surface area contributed by atoms with Gasteiger partial charge in [0.25, 0.3) is 11.1 Å². The van der Waals surface area contributed by atoms with Crippen LogP contribution in [-0.2, 0) is 16.1 Å². The number of hydrogen-bond acceptors (Lipinski definition) is 6. The Morgan fingerprint density at radius 2 is 1.96 bits per heavy atom. The normalized spacial score (nSPS) is 15.2. The first kappa shape index (κ1) is 20.0. The zero-order valence-electron chi connectivity index (χ0n) is 15.1. The van der Waals surface area contributed by atoms with E-state index in [4.69, 9.17) is 21.1 Å². The number of methoxy groups -OCH3 is 1. The van der Waals surface area contributed by atoms with E-state index >= 15 is 0 Å². The standard InChI is InChI=1S/C20H16ClNO5S/c1-12(23)27-16-7-6-13(9-17(16)26-2)10-18-19(24)22(20(25)28-18)11-14-4-3-5-15(21)8-14/h3-10H,11H2,1-2H3/b18-10-. The summed E-state index contributed by atoms with van der Waals surface area (Å²) < 4.78 is 10.3. The molecule has 0 atom stereocenters. The van der Waals surface area contributed by atoms with Gasteiger partial charge in [0.2, 0.25) is 0 Å². The molecule has 1 fully saturated rings. The second-order valence-electron chi connectivity index (χ2n) is 5.90. The summed E-state index contributed by atoms with van der Waals surface area (Å²) in [5, 5.41) is 0.194. The fraction of sp³-hybridized carbons (Fsp3) is 0.150. The Bertz CT molecular complexity index is 988. The van der Waals surface area contributed by atoms with Crippen LogP contribution in [0.15, 0.2) is 47.4 Å². The van der Waals surface area contributed by atoms with Crippen molar-refractivity contribution in [3.63, 3.8) is 0 Å². The first-order valence-corrected chi connectivity index (χ1v) is 9.43. The first-order valence-electron chi connectivity index (χ1n) is 8.23. The first-order chi connectivity index (χ1) is 13.4. The van der Waals surface area contributed by atoms with Gasteiger partial charge in [-0.2, -0.15) is 0 Å². The lowest BCUT2D eigenvalue weighted by molar-refractivity contribution is -0.132. The number of esters is 1. The molecule has 1 heterocycles. The lowest BCUT2D eigenvalue weighted by Crippen LogP contribution is -2.27. The molecule has 8 heteroatoms. The van der Waals surface area contributed by atoms with Crippen LogP contribution in [0.25, 0.3) is 6.08 Å². The highest BCUT2D eigenvalue weighted by Crippen LogP contribution is 2.35. The van der Waals surface area contributed by atoms with E-state index in [0.717, 1.165) is 17.3 Å². The predicted octanol–water partition coefficient (Wildman–Crippen LogP) is 4.51. The molecule has 0 saturated carbocycles. The summed E-state index contributed by atoms with van der Waals surface area (Å²) in [4.78, 5) is 37.6. The molecular weight excluding hydrogens is 402 g/mol. The van der Waals surface area contributed by atoms with Gasteiger partial charge in [0.05, 0.1) is 18.6 Å². The summed E-state index contributed by atoms with van der Waals surface area (Å²) in [5.74, 6) is -0.213. The highest BCUT2D eigenvalue weighted by atomic mass is 35.5. The van der Waals surface area contributed by atoms with E-state index in [1.807, 2.05) is 0 Å². The number of halogens is 1. The minimum Gasteiger partial charge on any atom is -0.493 e. The van der Waals surface area contributed by atoms with E-state index in [1.54, 1.807) is 48.5 Å². The molecule has 0 spiro atoms. The minimum atomic E-state index is -0.465. The van der Waals surface area contributed by atoms with E-state index in [0.29, 0.717) is 21.2 Å². The highest BCUT2D eigenvalue weighted by Gasteiger charge is 2.35. The van der Waals surface area contributed by atoms with Crippen molar-refractivity contribution in [3.8, 4) is 11.5 Å². The molecule has 0 N–H and O–H groups in total. The van der Waals surface area contributed by atoms with Crippen LogP contribution in [0.2, 0.25) is 5.02 Å². The molecular formula is C20H16ClNO5S. The average Bonchev–Trinajstić information content (AvgIpc) is 2.90. The molecule has 3 rings (SSSR count). The van der Waals surface area contributed by atoms with E-state index in [2.05, 4.69) is 0 Å². The largest absolute Gasteiger partial charge is 0.493 e. The van der Waals surface area contributed by atoms with Crippen LogP contribution in [-0.4, -0.2) is 29.1 Å². The Labute approximate surface area is 171 Å². The number of ether oxygens (including phenoxy) is 2. The molecule has 28 heavy (non-hydrogen) atoms. The van der Waals surface area contributed by atoms with Crippen LogP contribution in [0, 0.1) is 0 Å². The van der Waals surface area contributed by atoms with E-state index in [9.17, 15) is 14.4 Å². The number of carbonyl (C=O) groups is 3. The molecule has 2 aromatic rings. The van der Waals surface area contributed by atoms with Gasteiger partial charge in [0.15, 0.2) is 11.5 Å². The van der Waals surface area contributed by atoms with Gasteiger partial charge < -0.3 is 9.47 Å². The monoisotopic (exact) mass is 417 g/mol. The van der Waals surface area contributed by atoms with Gasteiger partial charge in [0, 0.05) is 11.9 Å². The average molecular weight is 418 g/mol. The van der Waals surface area contributed by atoms with Crippen LogP contribution >= 0.6 is 23.4 Å². The Morgan fingerprint density at radius 1 is 1.18 bits per heavy atom. The predicted molar refractivity (Wildman–Crippen MR) is 107 cm³/mol. The Balaban J connectivity index is 1.82. The van der Waals surface area contributed by atoms with Gasteiger partial charge in [-0.05, 0) is 53.2 Å². The van der Waals surface area contributed by atoms with Crippen LogP contribution in [0.1, 0.15) is 18.1 Å². The molecule has 0 unspecified atom stereocenters. The summed E-state index contributed by atoms with van der Waals surface area (Å²) in [5.41, 5.74) is 1.41. The highest BCUT2D eigenvalue weighted by molar-refractivity contribution is 8.18. The third kappa shape index (κ3) is 4.55. The fourth-order valence-electron chi connectivity index (χ4n) is 2.62. The smallest absolute Gasteiger partial charge is 0.308 e. The van der Waals surface area contributed by atoms with E-state index < -0.39 is 5.97 Å². The number of imide groups is 1. The molecule has 1 aliphatic rings. The van der Waals surface area contributed by atoms with Crippen molar-refractivity contribution in [2.45, 2.75) is 13.5 Å². The van der Waals surface area contributed by atoms with Gasteiger partial charge in [0.1, 0.15) is 0 Å². The SMILES string of the molecule is COc1cc(/C=C2\SC(=O)N(Cc3cccc(Cl)c3)C2=O)ccc1OC(C)=O. The topological polar surface area (TPSA) is 72.9 Å². The minimum absolute atomic E-state index is 0.150. The number of carbonyl (C=O) groups excluding carboxylic acids is 3. The lowest BCUT2D eigenvalue weighted by Gasteiger charge is -2.12. The van der Waals surface area contributed by atoms with Gasteiger partial charge >= 0.3 is 5.97 Å². The zero-order chi connectivity index (χ0) is 20.3. The summed E-state index contributed by atoms with van der Waals surface area (Å²) >= 11 is 6.83. The molecule has 2 amide bonds. The van der Waals surface area contributed by atoms with Crippen molar-refractivity contribution in [2.24, 2.45) is 0 Å². The van der Waals surface area contributed by atoms with Crippen molar-refractivity contribution < 1.29 is 23.9 Å². The maximum Gasteiger partial charge on any atom is 0.308 e. The van der Waals surface area contributed by atoms with Crippen molar-refractivity contribution in [1.29, 1.82) is 0 Å².